The minimum atomic E-state index is -0.178. The molecule has 106 valence electrons. The number of hydrogen-bond donors (Lipinski definition) is 1. The highest BCUT2D eigenvalue weighted by molar-refractivity contribution is 5.90. The van der Waals surface area contributed by atoms with E-state index in [1.807, 2.05) is 0 Å². The zero-order valence-electron chi connectivity index (χ0n) is 12.3. The monoisotopic (exact) mass is 272 g/mol. The fourth-order valence-corrected chi connectivity index (χ4v) is 1.96. The molecule has 5 nitrogen and oxygen atoms in total. The van der Waals surface area contributed by atoms with Crippen LogP contribution >= 0.6 is 0 Å². The summed E-state index contributed by atoms with van der Waals surface area (Å²) < 4.78 is 0. The maximum Gasteiger partial charge on any atom is 0.293 e. The molecular formula is C15H20N4O. The van der Waals surface area contributed by atoms with Crippen molar-refractivity contribution in [3.05, 3.63) is 47.0 Å². The Labute approximate surface area is 119 Å². The van der Waals surface area contributed by atoms with Gasteiger partial charge in [-0.2, -0.15) is 0 Å². The van der Waals surface area contributed by atoms with E-state index >= 15 is 0 Å². The molecule has 2 rings (SSSR count). The molecule has 1 amide bonds. The van der Waals surface area contributed by atoms with Crippen LogP contribution in [0.1, 0.15) is 47.3 Å². The van der Waals surface area contributed by atoms with Crippen molar-refractivity contribution in [1.29, 1.82) is 0 Å². The third-order valence-electron chi connectivity index (χ3n) is 3.20. The van der Waals surface area contributed by atoms with Crippen LogP contribution in [0, 0.1) is 6.92 Å². The molecule has 0 aliphatic rings. The third-order valence-corrected chi connectivity index (χ3v) is 3.20. The Morgan fingerprint density at radius 2 is 1.95 bits per heavy atom. The molecule has 0 aliphatic carbocycles. The number of carbonyl (C=O) groups is 1. The Morgan fingerprint density at radius 1 is 1.30 bits per heavy atom. The van der Waals surface area contributed by atoms with Gasteiger partial charge in [0.1, 0.15) is 5.82 Å². The predicted octanol–water partition coefficient (Wildman–Crippen LogP) is 2.51. The molecule has 1 heterocycles. The van der Waals surface area contributed by atoms with Crippen LogP contribution in [0.4, 0.5) is 0 Å². The lowest BCUT2D eigenvalue weighted by atomic mass is 10.0. The van der Waals surface area contributed by atoms with E-state index in [1.165, 1.54) is 5.56 Å². The van der Waals surface area contributed by atoms with Crippen LogP contribution in [0.15, 0.2) is 24.3 Å². The number of H-pyrrole nitrogens is 1. The van der Waals surface area contributed by atoms with Crippen LogP contribution in [0.5, 0.6) is 0 Å². The van der Waals surface area contributed by atoms with Crippen molar-refractivity contribution in [2.75, 3.05) is 7.05 Å². The lowest BCUT2D eigenvalue weighted by molar-refractivity contribution is 0.0773. The second-order valence-electron chi connectivity index (χ2n) is 5.30. The molecule has 0 unspecified atom stereocenters. The van der Waals surface area contributed by atoms with Crippen LogP contribution in [-0.2, 0) is 6.54 Å². The van der Waals surface area contributed by atoms with E-state index in [2.05, 4.69) is 53.3 Å². The predicted molar refractivity (Wildman–Crippen MR) is 77.4 cm³/mol. The molecule has 0 bridgehead atoms. The highest BCUT2D eigenvalue weighted by Gasteiger charge is 2.16. The van der Waals surface area contributed by atoms with E-state index < -0.39 is 0 Å². The van der Waals surface area contributed by atoms with E-state index in [9.17, 15) is 4.79 Å². The van der Waals surface area contributed by atoms with Gasteiger partial charge in [0.15, 0.2) is 0 Å². The summed E-state index contributed by atoms with van der Waals surface area (Å²) in [6, 6.07) is 8.33. The van der Waals surface area contributed by atoms with E-state index in [0.717, 1.165) is 5.56 Å². The van der Waals surface area contributed by atoms with Gasteiger partial charge >= 0.3 is 0 Å². The van der Waals surface area contributed by atoms with E-state index in [-0.39, 0.29) is 11.7 Å². The van der Waals surface area contributed by atoms with Gasteiger partial charge in [-0.05, 0) is 24.0 Å². The molecule has 5 heteroatoms. The summed E-state index contributed by atoms with van der Waals surface area (Å²) in [5.74, 6) is 1.19. The average molecular weight is 272 g/mol. The number of benzene rings is 1. The standard InChI is InChI=1S/C15H20N4O/c1-10(2)13-7-5-12(6-8-13)9-19(4)15(20)14-16-11(3)17-18-14/h5-8,10H,9H2,1-4H3,(H,16,17,18). The van der Waals surface area contributed by atoms with Crippen molar-refractivity contribution in [2.24, 2.45) is 0 Å². The van der Waals surface area contributed by atoms with E-state index in [1.54, 1.807) is 18.9 Å². The first-order chi connectivity index (χ1) is 9.47. The molecule has 1 N–H and O–H groups in total. The molecular weight excluding hydrogens is 252 g/mol. The average Bonchev–Trinajstić information content (AvgIpc) is 2.85. The van der Waals surface area contributed by atoms with E-state index in [0.29, 0.717) is 18.3 Å². The van der Waals surface area contributed by atoms with Crippen molar-refractivity contribution < 1.29 is 4.79 Å². The number of nitrogens with zero attached hydrogens (tertiary/aromatic N) is 3. The molecule has 0 spiro atoms. The number of carbonyl (C=O) groups excluding carboxylic acids is 1. The molecule has 20 heavy (non-hydrogen) atoms. The second-order valence-corrected chi connectivity index (χ2v) is 5.30. The van der Waals surface area contributed by atoms with Gasteiger partial charge in [0.25, 0.3) is 5.91 Å². The zero-order chi connectivity index (χ0) is 14.7. The molecule has 1 aromatic heterocycles. The fourth-order valence-electron chi connectivity index (χ4n) is 1.96. The Hall–Kier alpha value is -2.17. The minimum absolute atomic E-state index is 0.178. The van der Waals surface area contributed by atoms with Crippen molar-refractivity contribution in [3.8, 4) is 0 Å². The van der Waals surface area contributed by atoms with Gasteiger partial charge in [-0.15, -0.1) is 5.10 Å². The largest absolute Gasteiger partial charge is 0.335 e. The van der Waals surface area contributed by atoms with Gasteiger partial charge in [-0.1, -0.05) is 38.1 Å². The lowest BCUT2D eigenvalue weighted by Crippen LogP contribution is -2.27. The Morgan fingerprint density at radius 3 is 2.45 bits per heavy atom. The third kappa shape index (κ3) is 3.23. The number of nitrogens with one attached hydrogen (secondary N) is 1. The molecule has 2 aromatic rings. The van der Waals surface area contributed by atoms with Crippen LogP contribution < -0.4 is 0 Å². The highest BCUT2D eigenvalue weighted by Crippen LogP contribution is 2.15. The quantitative estimate of drug-likeness (QED) is 0.930. The molecule has 0 saturated heterocycles. The maximum atomic E-state index is 12.1. The molecule has 0 saturated carbocycles. The smallest absolute Gasteiger partial charge is 0.293 e. The first-order valence-corrected chi connectivity index (χ1v) is 6.70. The summed E-state index contributed by atoms with van der Waals surface area (Å²) in [7, 11) is 1.75. The van der Waals surface area contributed by atoms with E-state index in [4.69, 9.17) is 0 Å². The molecule has 0 fully saturated rings. The zero-order valence-corrected chi connectivity index (χ0v) is 12.3. The van der Waals surface area contributed by atoms with Crippen LogP contribution in [-0.4, -0.2) is 33.0 Å². The highest BCUT2D eigenvalue weighted by atomic mass is 16.2. The summed E-state index contributed by atoms with van der Waals surface area (Å²) in [6.45, 7) is 6.64. The second kappa shape index (κ2) is 5.86. The van der Waals surface area contributed by atoms with Gasteiger partial charge in [-0.25, -0.2) is 4.98 Å². The molecule has 0 radical (unpaired) electrons. The number of aromatic amines is 1. The molecule has 1 aromatic carbocycles. The minimum Gasteiger partial charge on any atom is -0.335 e. The fraction of sp³-hybridized carbons (Fsp3) is 0.400. The van der Waals surface area contributed by atoms with Gasteiger partial charge in [-0.3, -0.25) is 9.89 Å². The first kappa shape index (κ1) is 14.2. The molecule has 0 aliphatic heterocycles. The Bertz CT molecular complexity index is 586. The Balaban J connectivity index is 2.03. The number of aryl methyl sites for hydroxylation is 1. The number of hydrogen-bond acceptors (Lipinski definition) is 3. The summed E-state index contributed by atoms with van der Waals surface area (Å²) in [5, 5.41) is 6.57. The van der Waals surface area contributed by atoms with Crippen LogP contribution in [0.25, 0.3) is 0 Å². The summed E-state index contributed by atoms with van der Waals surface area (Å²) >= 11 is 0. The normalized spacial score (nSPS) is 10.8. The lowest BCUT2D eigenvalue weighted by Gasteiger charge is -2.16. The number of rotatable bonds is 4. The van der Waals surface area contributed by atoms with Crippen molar-refractivity contribution in [2.45, 2.75) is 33.2 Å². The van der Waals surface area contributed by atoms with Crippen molar-refractivity contribution in [1.82, 2.24) is 20.1 Å². The van der Waals surface area contributed by atoms with Gasteiger partial charge in [0.2, 0.25) is 5.82 Å². The summed E-state index contributed by atoms with van der Waals surface area (Å²) in [5.41, 5.74) is 2.39. The van der Waals surface area contributed by atoms with Crippen molar-refractivity contribution >= 4 is 5.91 Å². The van der Waals surface area contributed by atoms with Crippen LogP contribution in [0.2, 0.25) is 0 Å². The van der Waals surface area contributed by atoms with Gasteiger partial charge in [0.05, 0.1) is 0 Å². The first-order valence-electron chi connectivity index (χ1n) is 6.70. The number of amides is 1. The Kier molecular flexibility index (Phi) is 4.17. The topological polar surface area (TPSA) is 61.9 Å². The number of aromatic nitrogens is 3. The van der Waals surface area contributed by atoms with Gasteiger partial charge < -0.3 is 4.90 Å². The SMILES string of the molecule is Cc1nc(C(=O)N(C)Cc2ccc(C(C)C)cc2)n[nH]1. The maximum absolute atomic E-state index is 12.1. The summed E-state index contributed by atoms with van der Waals surface area (Å²) in [4.78, 5) is 17.8. The molecule has 0 atom stereocenters. The van der Waals surface area contributed by atoms with Gasteiger partial charge in [0, 0.05) is 13.6 Å². The summed E-state index contributed by atoms with van der Waals surface area (Å²) in [6.07, 6.45) is 0. The van der Waals surface area contributed by atoms with Crippen LogP contribution in [0.3, 0.4) is 0 Å². The van der Waals surface area contributed by atoms with Crippen molar-refractivity contribution in [3.63, 3.8) is 0 Å².